The van der Waals surface area contributed by atoms with Gasteiger partial charge in [0.2, 0.25) is 0 Å². The van der Waals surface area contributed by atoms with Gasteiger partial charge in [-0.25, -0.2) is 4.79 Å². The maximum absolute atomic E-state index is 11.5. The van der Waals surface area contributed by atoms with Gasteiger partial charge in [0, 0.05) is 6.42 Å². The Balaban J connectivity index is 2.30. The smallest absolute Gasteiger partial charge is 0.338 e. The average molecular weight is 232 g/mol. The molecular formula is C14H16O3. The van der Waals surface area contributed by atoms with Gasteiger partial charge in [0.05, 0.1) is 18.8 Å². The fourth-order valence-corrected chi connectivity index (χ4v) is 1.24. The van der Waals surface area contributed by atoms with Crippen LogP contribution in [0, 0.1) is 0 Å². The quantitative estimate of drug-likeness (QED) is 0.605. The van der Waals surface area contributed by atoms with Crippen LogP contribution in [-0.4, -0.2) is 24.3 Å². The number of benzene rings is 1. The van der Waals surface area contributed by atoms with E-state index in [-0.39, 0.29) is 12.6 Å². The van der Waals surface area contributed by atoms with Gasteiger partial charge in [-0.15, -0.1) is 0 Å². The van der Waals surface area contributed by atoms with Crippen LogP contribution < -0.4 is 0 Å². The minimum atomic E-state index is -0.329. The number of aliphatic hydroxyl groups is 1. The monoisotopic (exact) mass is 232 g/mol. The van der Waals surface area contributed by atoms with Gasteiger partial charge in [0.25, 0.3) is 0 Å². The van der Waals surface area contributed by atoms with Crippen molar-refractivity contribution in [2.24, 2.45) is 0 Å². The molecule has 0 bridgehead atoms. The topological polar surface area (TPSA) is 46.5 Å². The van der Waals surface area contributed by atoms with Crippen LogP contribution in [0.4, 0.5) is 0 Å². The van der Waals surface area contributed by atoms with E-state index in [4.69, 9.17) is 9.84 Å². The van der Waals surface area contributed by atoms with Gasteiger partial charge >= 0.3 is 5.97 Å². The van der Waals surface area contributed by atoms with Gasteiger partial charge in [0.1, 0.15) is 0 Å². The molecule has 3 nitrogen and oxygen atoms in total. The minimum absolute atomic E-state index is 0.0111. The molecule has 0 atom stereocenters. The lowest BCUT2D eigenvalue weighted by Crippen LogP contribution is -2.06. The lowest BCUT2D eigenvalue weighted by Gasteiger charge is -2.04. The summed E-state index contributed by atoms with van der Waals surface area (Å²) in [5.74, 6) is -0.329. The molecule has 90 valence electrons. The van der Waals surface area contributed by atoms with Crippen LogP contribution in [0.15, 0.2) is 54.6 Å². The van der Waals surface area contributed by atoms with E-state index < -0.39 is 0 Å². The standard InChI is InChI=1S/C14H16O3/c1-12(6-5-10-15)9-11-17-14(16)13-7-3-2-4-8-13/h2-8,15H,1,9-11H2/b6-5-. The van der Waals surface area contributed by atoms with Crippen molar-refractivity contribution in [3.8, 4) is 0 Å². The average Bonchev–Trinajstić information content (AvgIpc) is 2.37. The molecule has 3 heteroatoms. The molecule has 17 heavy (non-hydrogen) atoms. The Hall–Kier alpha value is -1.87. The van der Waals surface area contributed by atoms with Crippen molar-refractivity contribution in [3.63, 3.8) is 0 Å². The molecule has 0 aliphatic carbocycles. The third kappa shape index (κ3) is 5.13. The van der Waals surface area contributed by atoms with Crippen molar-refractivity contribution < 1.29 is 14.6 Å². The fraction of sp³-hybridized carbons (Fsp3) is 0.214. The Labute approximate surface area is 101 Å². The van der Waals surface area contributed by atoms with Gasteiger partial charge < -0.3 is 9.84 Å². The molecule has 0 unspecified atom stereocenters. The molecule has 0 aliphatic heterocycles. The molecular weight excluding hydrogens is 216 g/mol. The Morgan fingerprint density at radius 1 is 1.35 bits per heavy atom. The highest BCUT2D eigenvalue weighted by molar-refractivity contribution is 5.89. The Bertz CT molecular complexity index is 393. The van der Waals surface area contributed by atoms with Crippen molar-refractivity contribution in [2.75, 3.05) is 13.2 Å². The van der Waals surface area contributed by atoms with E-state index in [0.29, 0.717) is 18.6 Å². The summed E-state index contributed by atoms with van der Waals surface area (Å²) >= 11 is 0. The molecule has 1 N–H and O–H groups in total. The lowest BCUT2D eigenvalue weighted by molar-refractivity contribution is 0.0510. The highest BCUT2D eigenvalue weighted by atomic mass is 16.5. The number of hydrogen-bond acceptors (Lipinski definition) is 3. The van der Waals surface area contributed by atoms with Crippen LogP contribution in [0.5, 0.6) is 0 Å². The van der Waals surface area contributed by atoms with E-state index in [1.54, 1.807) is 36.4 Å². The number of rotatable bonds is 6. The van der Waals surface area contributed by atoms with E-state index in [9.17, 15) is 4.79 Å². The molecule has 0 aromatic heterocycles. The first-order valence-electron chi connectivity index (χ1n) is 5.41. The van der Waals surface area contributed by atoms with E-state index in [2.05, 4.69) is 6.58 Å². The zero-order valence-electron chi connectivity index (χ0n) is 9.63. The second-order valence-corrected chi connectivity index (χ2v) is 3.50. The van der Waals surface area contributed by atoms with Crippen LogP contribution in [0.1, 0.15) is 16.8 Å². The summed E-state index contributed by atoms with van der Waals surface area (Å²) < 4.78 is 5.08. The van der Waals surface area contributed by atoms with Crippen LogP contribution in [0.3, 0.4) is 0 Å². The number of carbonyl (C=O) groups is 1. The maximum atomic E-state index is 11.5. The molecule has 0 radical (unpaired) electrons. The second-order valence-electron chi connectivity index (χ2n) is 3.50. The van der Waals surface area contributed by atoms with Gasteiger partial charge in [-0.2, -0.15) is 0 Å². The molecule has 0 heterocycles. The minimum Gasteiger partial charge on any atom is -0.462 e. The lowest BCUT2D eigenvalue weighted by atomic mass is 10.2. The summed E-state index contributed by atoms with van der Waals surface area (Å²) in [5.41, 5.74) is 1.36. The first-order chi connectivity index (χ1) is 8.24. The highest BCUT2D eigenvalue weighted by Crippen LogP contribution is 2.04. The predicted octanol–water partition coefficient (Wildman–Crippen LogP) is 2.34. The first-order valence-corrected chi connectivity index (χ1v) is 5.41. The van der Waals surface area contributed by atoms with Gasteiger partial charge in [0.15, 0.2) is 0 Å². The van der Waals surface area contributed by atoms with E-state index in [1.165, 1.54) is 0 Å². The first kappa shape index (κ1) is 13.2. The molecule has 0 saturated heterocycles. The zero-order valence-corrected chi connectivity index (χ0v) is 9.63. The molecule has 1 aromatic carbocycles. The number of aliphatic hydroxyl groups excluding tert-OH is 1. The van der Waals surface area contributed by atoms with Crippen molar-refractivity contribution in [1.29, 1.82) is 0 Å². The summed E-state index contributed by atoms with van der Waals surface area (Å²) in [6.07, 6.45) is 3.88. The van der Waals surface area contributed by atoms with Crippen LogP contribution in [0.25, 0.3) is 0 Å². The van der Waals surface area contributed by atoms with Crippen molar-refractivity contribution in [1.82, 2.24) is 0 Å². The van der Waals surface area contributed by atoms with Crippen LogP contribution in [-0.2, 0) is 4.74 Å². The number of esters is 1. The molecule has 0 fully saturated rings. The van der Waals surface area contributed by atoms with Gasteiger partial charge in [-0.1, -0.05) is 42.5 Å². The summed E-state index contributed by atoms with van der Waals surface area (Å²) in [5, 5.41) is 8.56. The fourth-order valence-electron chi connectivity index (χ4n) is 1.24. The summed E-state index contributed by atoms with van der Waals surface area (Å²) in [4.78, 5) is 11.5. The van der Waals surface area contributed by atoms with Crippen LogP contribution >= 0.6 is 0 Å². The normalized spacial score (nSPS) is 10.4. The number of hydrogen-bond donors (Lipinski definition) is 1. The maximum Gasteiger partial charge on any atom is 0.338 e. The van der Waals surface area contributed by atoms with Gasteiger partial charge in [-0.3, -0.25) is 0 Å². The molecule has 0 amide bonds. The third-order valence-corrected chi connectivity index (χ3v) is 2.12. The van der Waals surface area contributed by atoms with E-state index in [0.717, 1.165) is 5.57 Å². The number of ether oxygens (including phenoxy) is 1. The van der Waals surface area contributed by atoms with Crippen molar-refractivity contribution >= 4 is 5.97 Å². The van der Waals surface area contributed by atoms with E-state index >= 15 is 0 Å². The molecule has 1 aromatic rings. The molecule has 0 spiro atoms. The van der Waals surface area contributed by atoms with Crippen molar-refractivity contribution in [3.05, 3.63) is 60.2 Å². The summed E-state index contributed by atoms with van der Waals surface area (Å²) in [7, 11) is 0. The Morgan fingerprint density at radius 3 is 2.71 bits per heavy atom. The highest BCUT2D eigenvalue weighted by Gasteiger charge is 2.04. The predicted molar refractivity (Wildman–Crippen MR) is 66.7 cm³/mol. The Morgan fingerprint density at radius 2 is 2.06 bits per heavy atom. The number of allylic oxidation sites excluding steroid dienone is 1. The molecule has 1 rings (SSSR count). The second kappa shape index (κ2) is 7.41. The number of carbonyl (C=O) groups excluding carboxylic acids is 1. The summed E-state index contributed by atoms with van der Waals surface area (Å²) in [6, 6.07) is 8.85. The third-order valence-electron chi connectivity index (χ3n) is 2.12. The summed E-state index contributed by atoms with van der Waals surface area (Å²) in [6.45, 7) is 4.06. The zero-order chi connectivity index (χ0) is 12.5. The molecule has 0 saturated carbocycles. The van der Waals surface area contributed by atoms with Crippen molar-refractivity contribution in [2.45, 2.75) is 6.42 Å². The largest absolute Gasteiger partial charge is 0.462 e. The molecule has 0 aliphatic rings. The SMILES string of the molecule is C=C(/C=C\CO)CCOC(=O)c1ccccc1. The van der Waals surface area contributed by atoms with E-state index in [1.807, 2.05) is 6.07 Å². The van der Waals surface area contributed by atoms with Crippen LogP contribution in [0.2, 0.25) is 0 Å². The Kier molecular flexibility index (Phi) is 5.75. The van der Waals surface area contributed by atoms with Gasteiger partial charge in [-0.05, 0) is 12.1 Å².